The van der Waals surface area contributed by atoms with Gasteiger partial charge in [-0.25, -0.2) is 0 Å². The van der Waals surface area contributed by atoms with Gasteiger partial charge < -0.3 is 9.47 Å². The van der Waals surface area contributed by atoms with Crippen LogP contribution < -0.4 is 5.56 Å². The van der Waals surface area contributed by atoms with Gasteiger partial charge in [-0.2, -0.15) is 0 Å². The van der Waals surface area contributed by atoms with Crippen molar-refractivity contribution in [2.75, 3.05) is 19.3 Å². The highest BCUT2D eigenvalue weighted by Gasteiger charge is 2.39. The number of nitrogens with zero attached hydrogens (tertiary/aromatic N) is 2. The Morgan fingerprint density at radius 2 is 1.73 bits per heavy atom. The van der Waals surface area contributed by atoms with E-state index in [1.807, 2.05) is 10.6 Å². The third kappa shape index (κ3) is 3.62. The largest absolute Gasteiger partial charge is 0.341 e. The highest BCUT2D eigenvalue weighted by Crippen LogP contribution is 2.41. The van der Waals surface area contributed by atoms with Crippen LogP contribution in [0.25, 0.3) is 11.1 Å². The minimum atomic E-state index is 0.0937. The van der Waals surface area contributed by atoms with E-state index in [9.17, 15) is 9.59 Å². The van der Waals surface area contributed by atoms with E-state index in [0.29, 0.717) is 11.8 Å². The molecule has 1 amide bonds. The quantitative estimate of drug-likeness (QED) is 0.670. The molecule has 2 aromatic rings. The molecule has 1 saturated heterocycles. The van der Waals surface area contributed by atoms with E-state index in [2.05, 4.69) is 35.4 Å². The zero-order chi connectivity index (χ0) is 20.7. The lowest BCUT2D eigenvalue weighted by atomic mass is 9.79. The van der Waals surface area contributed by atoms with Crippen molar-refractivity contribution in [1.29, 1.82) is 0 Å². The third-order valence-electron chi connectivity index (χ3n) is 7.26. The van der Waals surface area contributed by atoms with Gasteiger partial charge in [-0.1, -0.05) is 31.4 Å². The summed E-state index contributed by atoms with van der Waals surface area (Å²) in [5.41, 5.74) is 3.54. The van der Waals surface area contributed by atoms with Crippen molar-refractivity contribution in [1.82, 2.24) is 9.47 Å². The van der Waals surface area contributed by atoms with Gasteiger partial charge in [-0.15, -0.1) is 11.8 Å². The summed E-state index contributed by atoms with van der Waals surface area (Å²) in [5.74, 6) is 1.21. The maximum absolute atomic E-state index is 13.2. The molecule has 0 spiro atoms. The number of thioether (sulfide) groups is 1. The van der Waals surface area contributed by atoms with Crippen molar-refractivity contribution in [3.63, 3.8) is 0 Å². The van der Waals surface area contributed by atoms with E-state index >= 15 is 0 Å². The number of piperidine rings is 1. The molecule has 30 heavy (non-hydrogen) atoms. The van der Waals surface area contributed by atoms with E-state index < -0.39 is 0 Å². The lowest BCUT2D eigenvalue weighted by Crippen LogP contribution is -2.51. The summed E-state index contributed by atoms with van der Waals surface area (Å²) in [6.45, 7) is 2.30. The van der Waals surface area contributed by atoms with Crippen molar-refractivity contribution in [3.05, 3.63) is 52.4 Å². The molecule has 0 radical (unpaired) electrons. The predicted molar refractivity (Wildman–Crippen MR) is 122 cm³/mol. The smallest absolute Gasteiger partial charge is 0.250 e. The monoisotopic (exact) mass is 422 g/mol. The summed E-state index contributed by atoms with van der Waals surface area (Å²) in [6, 6.07) is 12.3. The first-order valence-electron chi connectivity index (χ1n) is 11.3. The maximum atomic E-state index is 13.2. The molecule has 2 atom stereocenters. The number of amides is 1. The Hall–Kier alpha value is -2.01. The summed E-state index contributed by atoms with van der Waals surface area (Å²) in [5, 5.41) is 0. The average Bonchev–Trinajstić information content (AvgIpc) is 2.80. The van der Waals surface area contributed by atoms with Crippen LogP contribution in [0.5, 0.6) is 0 Å². The molecule has 1 aromatic carbocycles. The van der Waals surface area contributed by atoms with E-state index in [0.717, 1.165) is 55.7 Å². The van der Waals surface area contributed by atoms with Gasteiger partial charge in [-0.3, -0.25) is 9.59 Å². The number of aromatic nitrogens is 1. The van der Waals surface area contributed by atoms with E-state index in [-0.39, 0.29) is 17.4 Å². The molecule has 1 aromatic heterocycles. The molecule has 0 N–H and O–H groups in total. The average molecular weight is 423 g/mol. The minimum absolute atomic E-state index is 0.0937. The molecule has 158 valence electrons. The fourth-order valence-electron chi connectivity index (χ4n) is 5.82. The number of benzene rings is 1. The van der Waals surface area contributed by atoms with Crippen LogP contribution in [0.1, 0.15) is 50.1 Å². The van der Waals surface area contributed by atoms with Crippen molar-refractivity contribution < 1.29 is 4.79 Å². The summed E-state index contributed by atoms with van der Waals surface area (Å²) in [6.07, 6.45) is 8.90. The molecule has 5 heteroatoms. The van der Waals surface area contributed by atoms with Crippen molar-refractivity contribution in [3.8, 4) is 11.1 Å². The van der Waals surface area contributed by atoms with Gasteiger partial charge in [0.15, 0.2) is 0 Å². The number of rotatable bonds is 3. The molecule has 4 nitrogen and oxygen atoms in total. The number of carbonyl (C=O) groups excluding carboxylic acids is 1. The summed E-state index contributed by atoms with van der Waals surface area (Å²) in [4.78, 5) is 29.3. The fourth-order valence-corrected chi connectivity index (χ4v) is 6.23. The molecule has 1 saturated carbocycles. The first kappa shape index (κ1) is 19.9. The van der Waals surface area contributed by atoms with Crippen LogP contribution in [0.15, 0.2) is 46.1 Å². The number of fused-ring (bicyclic) bond motifs is 4. The molecular formula is C25H30N2O2S. The molecular weight excluding hydrogens is 392 g/mol. The van der Waals surface area contributed by atoms with Crippen LogP contribution in [0.3, 0.4) is 0 Å². The van der Waals surface area contributed by atoms with Crippen LogP contribution in [-0.2, 0) is 11.3 Å². The summed E-state index contributed by atoms with van der Waals surface area (Å²) < 4.78 is 2.00. The second-order valence-electron chi connectivity index (χ2n) is 9.19. The maximum Gasteiger partial charge on any atom is 0.250 e. The number of hydrogen-bond acceptors (Lipinski definition) is 3. The molecule has 2 aliphatic heterocycles. The zero-order valence-electron chi connectivity index (χ0n) is 17.7. The Morgan fingerprint density at radius 3 is 2.47 bits per heavy atom. The van der Waals surface area contributed by atoms with Gasteiger partial charge in [0.25, 0.3) is 5.56 Å². The molecule has 1 aliphatic carbocycles. The third-order valence-corrected chi connectivity index (χ3v) is 8.00. The molecule has 3 aliphatic rings. The molecule has 2 bridgehead atoms. The molecule has 5 rings (SSSR count). The van der Waals surface area contributed by atoms with Crippen LogP contribution in [-0.4, -0.2) is 34.7 Å². The highest BCUT2D eigenvalue weighted by molar-refractivity contribution is 7.98. The molecule has 2 fully saturated rings. The summed E-state index contributed by atoms with van der Waals surface area (Å²) >= 11 is 1.74. The highest BCUT2D eigenvalue weighted by atomic mass is 32.2. The Bertz CT molecular complexity index is 991. The predicted octanol–water partition coefficient (Wildman–Crippen LogP) is 4.76. The number of likely N-dealkylation sites (tertiary alicyclic amines) is 1. The van der Waals surface area contributed by atoms with Crippen molar-refractivity contribution in [2.24, 2.45) is 11.8 Å². The van der Waals surface area contributed by atoms with Gasteiger partial charge in [0, 0.05) is 53.7 Å². The standard InChI is InChI=1S/C25H30N2O2S/c1-30-21-9-7-18(8-10-21)22-11-12-23(28)27-15-17-13-20(24(22)27)16-26(14-17)25(29)19-5-3-2-4-6-19/h7-12,17,19-20H,2-6,13-16H2,1H3. The van der Waals surface area contributed by atoms with Crippen LogP contribution in [0.2, 0.25) is 0 Å². The first-order chi connectivity index (χ1) is 14.6. The number of carbonyl (C=O) groups is 1. The minimum Gasteiger partial charge on any atom is -0.341 e. The van der Waals surface area contributed by atoms with Crippen LogP contribution >= 0.6 is 11.8 Å². The zero-order valence-corrected chi connectivity index (χ0v) is 18.5. The lowest BCUT2D eigenvalue weighted by Gasteiger charge is -2.44. The van der Waals surface area contributed by atoms with Crippen molar-refractivity contribution >= 4 is 17.7 Å². The van der Waals surface area contributed by atoms with Gasteiger partial charge >= 0.3 is 0 Å². The van der Waals surface area contributed by atoms with Crippen molar-refractivity contribution in [2.45, 2.75) is 55.9 Å². The Labute approximate surface area is 182 Å². The van der Waals surface area contributed by atoms with Gasteiger partial charge in [0.2, 0.25) is 5.91 Å². The van der Waals surface area contributed by atoms with E-state index in [1.54, 1.807) is 17.8 Å². The lowest BCUT2D eigenvalue weighted by molar-refractivity contribution is -0.139. The first-order valence-corrected chi connectivity index (χ1v) is 12.5. The Balaban J connectivity index is 1.48. The Kier molecular flexibility index (Phi) is 5.48. The number of hydrogen-bond donors (Lipinski definition) is 0. The van der Waals surface area contributed by atoms with Gasteiger partial charge in [0.05, 0.1) is 0 Å². The molecule has 2 unspecified atom stereocenters. The van der Waals surface area contributed by atoms with Gasteiger partial charge in [-0.05, 0) is 55.2 Å². The van der Waals surface area contributed by atoms with Crippen LogP contribution in [0.4, 0.5) is 0 Å². The van der Waals surface area contributed by atoms with Gasteiger partial charge in [0.1, 0.15) is 0 Å². The summed E-state index contributed by atoms with van der Waals surface area (Å²) in [7, 11) is 0. The fraction of sp³-hybridized carbons (Fsp3) is 0.520. The van der Waals surface area contributed by atoms with E-state index in [4.69, 9.17) is 0 Å². The second kappa shape index (κ2) is 8.26. The normalized spacial score (nSPS) is 23.8. The SMILES string of the molecule is CSc1ccc(-c2ccc(=O)n3c2C2CC(CN(C(=O)C4CCCCC4)C2)C3)cc1. The van der Waals surface area contributed by atoms with Crippen LogP contribution in [0, 0.1) is 11.8 Å². The number of pyridine rings is 1. The topological polar surface area (TPSA) is 42.3 Å². The Morgan fingerprint density at radius 1 is 0.967 bits per heavy atom. The second-order valence-corrected chi connectivity index (χ2v) is 10.1. The molecule has 3 heterocycles. The van der Waals surface area contributed by atoms with E-state index in [1.165, 1.54) is 24.2 Å².